The highest BCUT2D eigenvalue weighted by Gasteiger charge is 2.39. The Hall–Kier alpha value is -0.860. The molecule has 12 heavy (non-hydrogen) atoms. The maximum Gasteiger partial charge on any atom is 0.294 e. The standard InChI is InChI=1S/C9H14O3/c1-2-9(12-7-10)6-4-3-5-8(9)11/h7H,2-6H2,1H3. The maximum absolute atomic E-state index is 11.5. The van der Waals surface area contributed by atoms with E-state index in [1.54, 1.807) is 0 Å². The first-order valence-electron chi connectivity index (χ1n) is 4.40. The second-order valence-corrected chi connectivity index (χ2v) is 3.19. The number of ketones is 1. The Morgan fingerprint density at radius 3 is 2.83 bits per heavy atom. The van der Waals surface area contributed by atoms with Crippen molar-refractivity contribution in [2.75, 3.05) is 0 Å². The van der Waals surface area contributed by atoms with Crippen LogP contribution in [0.25, 0.3) is 0 Å². The van der Waals surface area contributed by atoms with Gasteiger partial charge in [-0.2, -0.15) is 0 Å². The summed E-state index contributed by atoms with van der Waals surface area (Å²) in [5.41, 5.74) is -0.778. The SMILES string of the molecule is CCC1(OC=O)CCCCC1=O. The number of carbonyl (C=O) groups excluding carboxylic acids is 2. The molecule has 0 aromatic heterocycles. The van der Waals surface area contributed by atoms with Crippen LogP contribution in [0.2, 0.25) is 0 Å². The van der Waals surface area contributed by atoms with Gasteiger partial charge in [0.05, 0.1) is 0 Å². The minimum atomic E-state index is -0.778. The molecular weight excluding hydrogens is 156 g/mol. The Labute approximate surface area is 72.1 Å². The molecule has 0 radical (unpaired) electrons. The molecular formula is C9H14O3. The summed E-state index contributed by atoms with van der Waals surface area (Å²) < 4.78 is 4.90. The normalized spacial score (nSPS) is 29.9. The third-order valence-corrected chi connectivity index (χ3v) is 2.59. The van der Waals surface area contributed by atoms with Crippen molar-refractivity contribution >= 4 is 12.3 Å². The van der Waals surface area contributed by atoms with Crippen molar-refractivity contribution in [2.24, 2.45) is 0 Å². The van der Waals surface area contributed by atoms with Crippen molar-refractivity contribution in [2.45, 2.75) is 44.6 Å². The molecule has 3 nitrogen and oxygen atoms in total. The van der Waals surface area contributed by atoms with Crippen molar-refractivity contribution in [1.29, 1.82) is 0 Å². The van der Waals surface area contributed by atoms with Crippen LogP contribution in [0.15, 0.2) is 0 Å². The molecule has 0 aromatic rings. The molecule has 0 amide bonds. The van der Waals surface area contributed by atoms with Gasteiger partial charge in [-0.25, -0.2) is 0 Å². The van der Waals surface area contributed by atoms with E-state index in [4.69, 9.17) is 4.74 Å². The smallest absolute Gasteiger partial charge is 0.294 e. The van der Waals surface area contributed by atoms with Crippen LogP contribution < -0.4 is 0 Å². The second-order valence-electron chi connectivity index (χ2n) is 3.19. The van der Waals surface area contributed by atoms with E-state index in [9.17, 15) is 9.59 Å². The average Bonchev–Trinajstić information content (AvgIpc) is 2.10. The summed E-state index contributed by atoms with van der Waals surface area (Å²) in [6, 6.07) is 0. The zero-order valence-corrected chi connectivity index (χ0v) is 7.34. The molecule has 3 heteroatoms. The van der Waals surface area contributed by atoms with Gasteiger partial charge in [-0.1, -0.05) is 6.92 Å². The molecule has 68 valence electrons. The molecule has 0 aromatic carbocycles. The first-order valence-corrected chi connectivity index (χ1v) is 4.40. The fourth-order valence-electron chi connectivity index (χ4n) is 1.74. The number of carbonyl (C=O) groups is 2. The van der Waals surface area contributed by atoms with Crippen LogP contribution in [0.1, 0.15) is 39.0 Å². The fraction of sp³-hybridized carbons (Fsp3) is 0.778. The fourth-order valence-corrected chi connectivity index (χ4v) is 1.74. The highest BCUT2D eigenvalue weighted by atomic mass is 16.5. The van der Waals surface area contributed by atoms with E-state index in [0.717, 1.165) is 12.8 Å². The number of hydrogen-bond donors (Lipinski definition) is 0. The van der Waals surface area contributed by atoms with Crippen LogP contribution in [-0.2, 0) is 14.3 Å². The molecule has 1 aliphatic carbocycles. The highest BCUT2D eigenvalue weighted by Crippen LogP contribution is 2.30. The number of rotatable bonds is 3. The van der Waals surface area contributed by atoms with Crippen LogP contribution in [0.3, 0.4) is 0 Å². The van der Waals surface area contributed by atoms with E-state index in [1.165, 1.54) is 0 Å². The van der Waals surface area contributed by atoms with Crippen LogP contribution in [0.4, 0.5) is 0 Å². The summed E-state index contributed by atoms with van der Waals surface area (Å²) in [6.45, 7) is 2.28. The van der Waals surface area contributed by atoms with E-state index < -0.39 is 5.60 Å². The summed E-state index contributed by atoms with van der Waals surface area (Å²) in [6.07, 6.45) is 3.77. The van der Waals surface area contributed by atoms with Crippen molar-refractivity contribution in [3.63, 3.8) is 0 Å². The van der Waals surface area contributed by atoms with Gasteiger partial charge >= 0.3 is 0 Å². The number of hydrogen-bond acceptors (Lipinski definition) is 3. The third-order valence-electron chi connectivity index (χ3n) is 2.59. The Morgan fingerprint density at radius 1 is 1.58 bits per heavy atom. The average molecular weight is 170 g/mol. The zero-order chi connectivity index (χ0) is 9.03. The molecule has 0 heterocycles. The van der Waals surface area contributed by atoms with Gasteiger partial charge in [-0.3, -0.25) is 9.59 Å². The van der Waals surface area contributed by atoms with Crippen molar-refractivity contribution in [3.8, 4) is 0 Å². The Bertz CT molecular complexity index is 188. The predicted octanol–water partition coefficient (Wildman–Crippen LogP) is 1.45. The van der Waals surface area contributed by atoms with Crippen molar-refractivity contribution < 1.29 is 14.3 Å². The van der Waals surface area contributed by atoms with Gasteiger partial charge in [0.1, 0.15) is 0 Å². The molecule has 0 N–H and O–H groups in total. The number of ether oxygens (including phenoxy) is 1. The van der Waals surface area contributed by atoms with E-state index in [0.29, 0.717) is 25.7 Å². The van der Waals surface area contributed by atoms with E-state index >= 15 is 0 Å². The van der Waals surface area contributed by atoms with Gasteiger partial charge in [0, 0.05) is 6.42 Å². The minimum absolute atomic E-state index is 0.0864. The Kier molecular flexibility index (Phi) is 2.84. The Morgan fingerprint density at radius 2 is 2.33 bits per heavy atom. The highest BCUT2D eigenvalue weighted by molar-refractivity contribution is 5.88. The summed E-state index contributed by atoms with van der Waals surface area (Å²) in [7, 11) is 0. The van der Waals surface area contributed by atoms with Gasteiger partial charge in [-0.15, -0.1) is 0 Å². The maximum atomic E-state index is 11.5. The molecule has 1 saturated carbocycles. The lowest BCUT2D eigenvalue weighted by Crippen LogP contribution is -2.43. The summed E-state index contributed by atoms with van der Waals surface area (Å²) >= 11 is 0. The molecule has 1 fully saturated rings. The largest absolute Gasteiger partial charge is 0.453 e. The monoisotopic (exact) mass is 170 g/mol. The quantitative estimate of drug-likeness (QED) is 0.602. The molecule has 0 aliphatic heterocycles. The molecule has 1 rings (SSSR count). The van der Waals surface area contributed by atoms with Crippen LogP contribution >= 0.6 is 0 Å². The van der Waals surface area contributed by atoms with Gasteiger partial charge in [0.2, 0.25) is 0 Å². The second kappa shape index (κ2) is 3.70. The first-order chi connectivity index (χ1) is 5.75. The molecule has 0 bridgehead atoms. The molecule has 0 saturated heterocycles. The van der Waals surface area contributed by atoms with Gasteiger partial charge in [-0.05, 0) is 25.7 Å². The van der Waals surface area contributed by atoms with E-state index in [2.05, 4.69) is 0 Å². The lowest BCUT2D eigenvalue weighted by molar-refractivity contribution is -0.160. The van der Waals surface area contributed by atoms with E-state index in [-0.39, 0.29) is 5.78 Å². The van der Waals surface area contributed by atoms with Gasteiger partial charge in [0.15, 0.2) is 11.4 Å². The Balaban J connectivity index is 2.73. The van der Waals surface area contributed by atoms with Crippen LogP contribution in [0, 0.1) is 0 Å². The molecule has 0 spiro atoms. The molecule has 1 unspecified atom stereocenters. The van der Waals surface area contributed by atoms with E-state index in [1.807, 2.05) is 6.92 Å². The summed E-state index contributed by atoms with van der Waals surface area (Å²) in [5, 5.41) is 0. The topological polar surface area (TPSA) is 43.4 Å². The van der Waals surface area contributed by atoms with Gasteiger partial charge < -0.3 is 4.74 Å². The van der Waals surface area contributed by atoms with Gasteiger partial charge in [0.25, 0.3) is 6.47 Å². The predicted molar refractivity (Wildman–Crippen MR) is 43.6 cm³/mol. The number of Topliss-reactive ketones (excluding diaryl/α,β-unsaturated/α-hetero) is 1. The molecule has 1 aliphatic rings. The zero-order valence-electron chi connectivity index (χ0n) is 7.34. The van der Waals surface area contributed by atoms with Crippen LogP contribution in [-0.4, -0.2) is 17.9 Å². The lowest BCUT2D eigenvalue weighted by atomic mass is 9.81. The summed E-state index contributed by atoms with van der Waals surface area (Å²) in [5.74, 6) is 0.0864. The summed E-state index contributed by atoms with van der Waals surface area (Å²) in [4.78, 5) is 21.7. The first kappa shape index (κ1) is 9.23. The minimum Gasteiger partial charge on any atom is -0.453 e. The van der Waals surface area contributed by atoms with Crippen molar-refractivity contribution in [1.82, 2.24) is 0 Å². The third kappa shape index (κ3) is 1.49. The lowest BCUT2D eigenvalue weighted by Gasteiger charge is -2.32. The molecule has 1 atom stereocenters. The van der Waals surface area contributed by atoms with Crippen LogP contribution in [0.5, 0.6) is 0 Å². The van der Waals surface area contributed by atoms with Crippen molar-refractivity contribution in [3.05, 3.63) is 0 Å².